The van der Waals surface area contributed by atoms with Crippen molar-refractivity contribution in [1.29, 1.82) is 0 Å². The molecule has 102 valence electrons. The van der Waals surface area contributed by atoms with Gasteiger partial charge in [0.25, 0.3) is 0 Å². The second-order valence-corrected chi connectivity index (χ2v) is 5.52. The van der Waals surface area contributed by atoms with Crippen molar-refractivity contribution in [3.63, 3.8) is 0 Å². The van der Waals surface area contributed by atoms with Crippen LogP contribution in [0, 0.1) is 0 Å². The molecule has 3 rings (SSSR count). The van der Waals surface area contributed by atoms with Gasteiger partial charge in [-0.15, -0.1) is 0 Å². The molecule has 0 saturated carbocycles. The summed E-state index contributed by atoms with van der Waals surface area (Å²) in [7, 11) is 0. The number of rotatable bonds is 4. The van der Waals surface area contributed by atoms with Crippen LogP contribution >= 0.6 is 0 Å². The van der Waals surface area contributed by atoms with Crippen molar-refractivity contribution in [2.75, 3.05) is 0 Å². The minimum Gasteiger partial charge on any atom is -0.307 e. The summed E-state index contributed by atoms with van der Waals surface area (Å²) in [5.41, 5.74) is 3.36. The second kappa shape index (κ2) is 5.59. The first-order valence-corrected chi connectivity index (χ1v) is 7.16. The number of Topliss-reactive ketones (excluding diaryl/α,β-unsaturated/α-hetero) is 1. The average Bonchev–Trinajstić information content (AvgIpc) is 2.77. The van der Waals surface area contributed by atoms with E-state index in [9.17, 15) is 4.79 Å². The van der Waals surface area contributed by atoms with Crippen LogP contribution in [-0.4, -0.2) is 11.8 Å². The van der Waals surface area contributed by atoms with Gasteiger partial charge < -0.3 is 5.32 Å². The molecule has 2 aromatic rings. The number of hydrogen-bond acceptors (Lipinski definition) is 2. The van der Waals surface area contributed by atoms with Crippen molar-refractivity contribution < 1.29 is 4.79 Å². The summed E-state index contributed by atoms with van der Waals surface area (Å²) in [6.07, 6.45) is 1.56. The van der Waals surface area contributed by atoms with Gasteiger partial charge in [0.05, 0.1) is 0 Å². The quantitative estimate of drug-likeness (QED) is 0.916. The summed E-state index contributed by atoms with van der Waals surface area (Å²) in [5, 5.41) is 3.59. The Morgan fingerprint density at radius 1 is 1.10 bits per heavy atom. The summed E-state index contributed by atoms with van der Waals surface area (Å²) in [6, 6.07) is 18.9. The Morgan fingerprint density at radius 3 is 2.60 bits per heavy atom. The monoisotopic (exact) mass is 265 g/mol. The molecule has 0 amide bonds. The van der Waals surface area contributed by atoms with Crippen LogP contribution in [0.25, 0.3) is 0 Å². The van der Waals surface area contributed by atoms with E-state index in [1.807, 2.05) is 24.3 Å². The number of hydrogen-bond donors (Lipinski definition) is 1. The van der Waals surface area contributed by atoms with Crippen molar-refractivity contribution in [2.45, 2.75) is 31.8 Å². The van der Waals surface area contributed by atoms with Crippen molar-refractivity contribution in [1.82, 2.24) is 5.32 Å². The van der Waals surface area contributed by atoms with Gasteiger partial charge >= 0.3 is 0 Å². The van der Waals surface area contributed by atoms with E-state index in [1.54, 1.807) is 0 Å². The minimum absolute atomic E-state index is 0.164. The summed E-state index contributed by atoms with van der Waals surface area (Å²) >= 11 is 0. The Balaban J connectivity index is 1.69. The molecule has 1 aliphatic rings. The van der Waals surface area contributed by atoms with Gasteiger partial charge in [0.2, 0.25) is 0 Å². The van der Waals surface area contributed by atoms with E-state index in [0.29, 0.717) is 12.5 Å². The van der Waals surface area contributed by atoms with Crippen LogP contribution < -0.4 is 5.32 Å². The molecule has 0 fully saturated rings. The fourth-order valence-corrected chi connectivity index (χ4v) is 2.98. The van der Waals surface area contributed by atoms with Crippen LogP contribution in [0.2, 0.25) is 0 Å². The molecule has 2 atom stereocenters. The highest BCUT2D eigenvalue weighted by Crippen LogP contribution is 2.31. The molecule has 0 bridgehead atoms. The molecule has 0 aliphatic heterocycles. The van der Waals surface area contributed by atoms with Crippen LogP contribution in [0.5, 0.6) is 0 Å². The van der Waals surface area contributed by atoms with Gasteiger partial charge in [-0.05, 0) is 24.5 Å². The number of carbonyl (C=O) groups excluding carboxylic acids is 1. The Morgan fingerprint density at radius 2 is 1.80 bits per heavy atom. The van der Waals surface area contributed by atoms with Gasteiger partial charge in [-0.2, -0.15) is 0 Å². The SMILES string of the molecule is CC(Cc1ccccc1)NC1CC(=O)c2ccccc21. The van der Waals surface area contributed by atoms with Gasteiger partial charge in [0, 0.05) is 24.1 Å². The Labute approximate surface area is 119 Å². The molecule has 20 heavy (non-hydrogen) atoms. The smallest absolute Gasteiger partial charge is 0.165 e. The molecule has 2 unspecified atom stereocenters. The topological polar surface area (TPSA) is 29.1 Å². The van der Waals surface area contributed by atoms with Crippen LogP contribution in [0.4, 0.5) is 0 Å². The zero-order valence-electron chi connectivity index (χ0n) is 11.7. The van der Waals surface area contributed by atoms with Crippen LogP contribution in [0.3, 0.4) is 0 Å². The van der Waals surface area contributed by atoms with E-state index in [1.165, 1.54) is 5.56 Å². The predicted molar refractivity (Wildman–Crippen MR) is 80.9 cm³/mol. The molecule has 1 aliphatic carbocycles. The maximum Gasteiger partial charge on any atom is 0.165 e. The minimum atomic E-state index is 0.164. The van der Waals surface area contributed by atoms with E-state index in [0.717, 1.165) is 17.5 Å². The number of nitrogens with one attached hydrogen (secondary N) is 1. The first-order chi connectivity index (χ1) is 9.74. The lowest BCUT2D eigenvalue weighted by Crippen LogP contribution is -2.31. The van der Waals surface area contributed by atoms with Crippen LogP contribution in [-0.2, 0) is 6.42 Å². The molecule has 2 heteroatoms. The lowest BCUT2D eigenvalue weighted by Gasteiger charge is -2.20. The van der Waals surface area contributed by atoms with Gasteiger partial charge in [-0.1, -0.05) is 54.6 Å². The zero-order valence-corrected chi connectivity index (χ0v) is 11.7. The van der Waals surface area contributed by atoms with Crippen molar-refractivity contribution in [3.8, 4) is 0 Å². The predicted octanol–water partition coefficient (Wildman–Crippen LogP) is 3.53. The summed E-state index contributed by atoms with van der Waals surface area (Å²) < 4.78 is 0. The first-order valence-electron chi connectivity index (χ1n) is 7.16. The summed E-state index contributed by atoms with van der Waals surface area (Å²) in [6.45, 7) is 2.18. The molecular formula is C18H19NO. The van der Waals surface area contributed by atoms with Gasteiger partial charge in [-0.25, -0.2) is 0 Å². The van der Waals surface area contributed by atoms with Crippen molar-refractivity contribution in [2.24, 2.45) is 0 Å². The maximum absolute atomic E-state index is 12.0. The van der Waals surface area contributed by atoms with Crippen molar-refractivity contribution >= 4 is 5.78 Å². The fraction of sp³-hybridized carbons (Fsp3) is 0.278. The summed E-state index contributed by atoms with van der Waals surface area (Å²) in [4.78, 5) is 12.0. The van der Waals surface area contributed by atoms with Crippen LogP contribution in [0.1, 0.15) is 40.9 Å². The van der Waals surface area contributed by atoms with E-state index >= 15 is 0 Å². The highest BCUT2D eigenvalue weighted by Gasteiger charge is 2.29. The first kappa shape index (κ1) is 13.1. The number of ketones is 1. The summed E-state index contributed by atoms with van der Waals surface area (Å²) in [5.74, 6) is 0.255. The standard InChI is InChI=1S/C18H19NO/c1-13(11-14-7-3-2-4-8-14)19-17-12-18(20)16-10-6-5-9-15(16)17/h2-10,13,17,19H,11-12H2,1H3. The van der Waals surface area contributed by atoms with Gasteiger partial charge in [0.1, 0.15) is 0 Å². The number of benzene rings is 2. The Bertz CT molecular complexity index is 606. The zero-order chi connectivity index (χ0) is 13.9. The molecule has 2 nitrogen and oxygen atoms in total. The lowest BCUT2D eigenvalue weighted by atomic mass is 10.0. The van der Waals surface area contributed by atoms with E-state index < -0.39 is 0 Å². The third kappa shape index (κ3) is 2.66. The molecular weight excluding hydrogens is 246 g/mol. The molecule has 0 spiro atoms. The average molecular weight is 265 g/mol. The van der Waals surface area contributed by atoms with E-state index in [-0.39, 0.29) is 11.8 Å². The molecule has 0 saturated heterocycles. The van der Waals surface area contributed by atoms with Crippen molar-refractivity contribution in [3.05, 3.63) is 71.3 Å². The second-order valence-electron chi connectivity index (χ2n) is 5.52. The largest absolute Gasteiger partial charge is 0.307 e. The lowest BCUT2D eigenvalue weighted by molar-refractivity contribution is 0.0985. The van der Waals surface area contributed by atoms with E-state index in [4.69, 9.17) is 0 Å². The Kier molecular flexibility index (Phi) is 3.66. The van der Waals surface area contributed by atoms with Gasteiger partial charge in [0.15, 0.2) is 5.78 Å². The third-order valence-corrected chi connectivity index (χ3v) is 3.90. The number of carbonyl (C=O) groups is 1. The highest BCUT2D eigenvalue weighted by molar-refractivity contribution is 6.01. The van der Waals surface area contributed by atoms with E-state index in [2.05, 4.69) is 42.6 Å². The molecule has 0 aromatic heterocycles. The fourth-order valence-electron chi connectivity index (χ4n) is 2.98. The van der Waals surface area contributed by atoms with Crippen LogP contribution in [0.15, 0.2) is 54.6 Å². The molecule has 1 N–H and O–H groups in total. The Hall–Kier alpha value is -1.93. The third-order valence-electron chi connectivity index (χ3n) is 3.90. The molecule has 0 radical (unpaired) electrons. The number of fused-ring (bicyclic) bond motifs is 1. The normalized spacial score (nSPS) is 18.9. The highest BCUT2D eigenvalue weighted by atomic mass is 16.1. The molecule has 2 aromatic carbocycles. The molecule has 0 heterocycles. The van der Waals surface area contributed by atoms with Gasteiger partial charge in [-0.3, -0.25) is 4.79 Å². The maximum atomic E-state index is 12.0.